The number of nitrogens with zero attached hydrogens (tertiary/aromatic N) is 2. The highest BCUT2D eigenvalue weighted by Gasteiger charge is 2.41. The molecule has 0 aromatic heterocycles. The van der Waals surface area contributed by atoms with Crippen molar-refractivity contribution in [2.75, 3.05) is 18.5 Å². The molecule has 0 saturated carbocycles. The molecule has 2 aromatic carbocycles. The van der Waals surface area contributed by atoms with E-state index in [0.29, 0.717) is 18.2 Å². The number of rotatable bonds is 6. The summed E-state index contributed by atoms with van der Waals surface area (Å²) in [6, 6.07) is 13.5. The zero-order chi connectivity index (χ0) is 23.6. The smallest absolute Gasteiger partial charge is 0.232 e. The molecule has 176 valence electrons. The minimum Gasteiger partial charge on any atom is -0.491 e. The van der Waals surface area contributed by atoms with Crippen molar-refractivity contribution in [1.82, 2.24) is 4.90 Å². The number of aliphatic imine (C=N–C) groups is 1. The quantitative estimate of drug-likeness (QED) is 0.632. The molecule has 1 atom stereocenters. The molecule has 0 aliphatic carbocycles. The number of halogens is 1. The maximum absolute atomic E-state index is 13.2. The Balaban J connectivity index is 1.60. The van der Waals surface area contributed by atoms with Crippen LogP contribution in [0.2, 0.25) is 5.02 Å². The molecular weight excluding hydrogens is 440 g/mol. The molecule has 3 N–H and O–H groups in total. The summed E-state index contributed by atoms with van der Waals surface area (Å²) >= 11 is 6.84. The van der Waals surface area contributed by atoms with Crippen molar-refractivity contribution < 1.29 is 14.3 Å². The van der Waals surface area contributed by atoms with Crippen molar-refractivity contribution >= 4 is 34.8 Å². The fraction of sp³-hybridized carbons (Fsp3) is 0.440. The number of amides is 1. The topological polar surface area (TPSA) is 89.2 Å². The summed E-state index contributed by atoms with van der Waals surface area (Å²) in [5, 5.41) is 3.88. The average molecular weight is 471 g/mol. The van der Waals surface area contributed by atoms with Crippen LogP contribution >= 0.6 is 11.6 Å². The molecule has 2 heterocycles. The molecule has 2 aliphatic heterocycles. The highest BCUT2D eigenvalue weighted by atomic mass is 35.5. The predicted molar refractivity (Wildman–Crippen MR) is 131 cm³/mol. The van der Waals surface area contributed by atoms with Crippen LogP contribution in [0.4, 0.5) is 11.4 Å². The van der Waals surface area contributed by atoms with Crippen molar-refractivity contribution in [2.24, 2.45) is 10.7 Å². The van der Waals surface area contributed by atoms with E-state index in [-0.39, 0.29) is 30.4 Å². The summed E-state index contributed by atoms with van der Waals surface area (Å²) < 4.78 is 11.2. The molecule has 4 rings (SSSR count). The van der Waals surface area contributed by atoms with Crippen LogP contribution in [0.3, 0.4) is 0 Å². The Labute approximate surface area is 199 Å². The third-order valence-electron chi connectivity index (χ3n) is 5.99. The average Bonchev–Trinajstić information content (AvgIpc) is 2.75. The number of anilines is 2. The first-order chi connectivity index (χ1) is 15.8. The first kappa shape index (κ1) is 23.4. The number of guanidine groups is 1. The van der Waals surface area contributed by atoms with Gasteiger partial charge in [-0.05, 0) is 51.8 Å². The lowest BCUT2D eigenvalue weighted by atomic mass is 9.86. The Morgan fingerprint density at radius 1 is 1.24 bits per heavy atom. The molecule has 0 radical (unpaired) electrons. The Hall–Kier alpha value is -2.77. The van der Waals surface area contributed by atoms with Crippen LogP contribution in [0.5, 0.6) is 5.75 Å². The molecule has 1 fully saturated rings. The van der Waals surface area contributed by atoms with E-state index in [1.54, 1.807) is 4.90 Å². The summed E-state index contributed by atoms with van der Waals surface area (Å²) in [5.41, 5.74) is 7.81. The van der Waals surface area contributed by atoms with Crippen molar-refractivity contribution in [1.29, 1.82) is 0 Å². The van der Waals surface area contributed by atoms with Crippen molar-refractivity contribution in [2.45, 2.75) is 57.7 Å². The van der Waals surface area contributed by atoms with Gasteiger partial charge in [0.2, 0.25) is 5.91 Å². The van der Waals surface area contributed by atoms with Crippen LogP contribution < -0.4 is 15.8 Å². The lowest BCUT2D eigenvalue weighted by Crippen LogP contribution is -2.55. The SMILES string of the molecule is CC(C)Oc1cccc(Nc2cccc([C@]3(C)CC(=O)N(C4CCOCC4)C(N)=N3)c2Cl)c1. The zero-order valence-electron chi connectivity index (χ0n) is 19.3. The van der Waals surface area contributed by atoms with Gasteiger partial charge in [0.25, 0.3) is 0 Å². The Morgan fingerprint density at radius 3 is 2.67 bits per heavy atom. The molecule has 2 aliphatic rings. The van der Waals surface area contributed by atoms with Crippen LogP contribution in [-0.2, 0) is 15.1 Å². The van der Waals surface area contributed by atoms with Crippen LogP contribution in [0.15, 0.2) is 47.5 Å². The maximum atomic E-state index is 13.2. The van der Waals surface area contributed by atoms with Gasteiger partial charge in [-0.1, -0.05) is 29.8 Å². The second kappa shape index (κ2) is 9.61. The molecule has 1 saturated heterocycles. The number of hydrogen-bond donors (Lipinski definition) is 2. The number of nitrogens with two attached hydrogens (primary N) is 1. The molecular formula is C25H31ClN4O3. The maximum Gasteiger partial charge on any atom is 0.232 e. The van der Waals surface area contributed by atoms with Gasteiger partial charge >= 0.3 is 0 Å². The van der Waals surface area contributed by atoms with Gasteiger partial charge in [-0.15, -0.1) is 0 Å². The zero-order valence-corrected chi connectivity index (χ0v) is 20.1. The van der Waals surface area contributed by atoms with Crippen LogP contribution in [0.1, 0.15) is 45.6 Å². The van der Waals surface area contributed by atoms with Crippen molar-refractivity contribution in [3.8, 4) is 5.75 Å². The Morgan fingerprint density at radius 2 is 1.97 bits per heavy atom. The van der Waals surface area contributed by atoms with Gasteiger partial charge in [0.15, 0.2) is 5.96 Å². The van der Waals surface area contributed by atoms with E-state index in [4.69, 9.17) is 31.8 Å². The normalized spacial score (nSPS) is 21.8. The summed E-state index contributed by atoms with van der Waals surface area (Å²) in [5.74, 6) is 0.983. The van der Waals surface area contributed by atoms with E-state index in [1.807, 2.05) is 63.2 Å². The van der Waals surface area contributed by atoms with Gasteiger partial charge in [0.1, 0.15) is 5.75 Å². The third kappa shape index (κ3) is 5.09. The van der Waals surface area contributed by atoms with Gasteiger partial charge in [-0.2, -0.15) is 0 Å². The van der Waals surface area contributed by atoms with Crippen LogP contribution in [-0.4, -0.2) is 42.1 Å². The summed E-state index contributed by atoms with van der Waals surface area (Å²) in [4.78, 5) is 19.6. The number of nitrogens with one attached hydrogen (secondary N) is 1. The minimum absolute atomic E-state index is 0.0309. The number of ether oxygens (including phenoxy) is 2. The van der Waals surface area contributed by atoms with E-state index < -0.39 is 5.54 Å². The Bertz CT molecular complexity index is 1050. The van der Waals surface area contributed by atoms with Gasteiger partial charge in [0, 0.05) is 36.6 Å². The first-order valence-corrected chi connectivity index (χ1v) is 11.7. The minimum atomic E-state index is -0.847. The van der Waals surface area contributed by atoms with Crippen LogP contribution in [0.25, 0.3) is 0 Å². The lowest BCUT2D eigenvalue weighted by molar-refractivity contribution is -0.132. The van der Waals surface area contributed by atoms with E-state index in [0.717, 1.165) is 35.5 Å². The molecule has 0 bridgehead atoms. The molecule has 8 heteroatoms. The monoisotopic (exact) mass is 470 g/mol. The number of carbonyl (C=O) groups excluding carboxylic acids is 1. The van der Waals surface area contributed by atoms with E-state index in [2.05, 4.69) is 5.32 Å². The summed E-state index contributed by atoms with van der Waals surface area (Å²) in [6.45, 7) is 7.13. The van der Waals surface area contributed by atoms with Crippen molar-refractivity contribution in [3.05, 3.63) is 53.1 Å². The molecule has 0 spiro atoms. The second-order valence-electron chi connectivity index (χ2n) is 9.01. The highest BCUT2D eigenvalue weighted by molar-refractivity contribution is 6.34. The third-order valence-corrected chi connectivity index (χ3v) is 6.40. The van der Waals surface area contributed by atoms with Crippen molar-refractivity contribution in [3.63, 3.8) is 0 Å². The molecule has 1 amide bonds. The van der Waals surface area contributed by atoms with Gasteiger partial charge in [-0.25, -0.2) is 4.99 Å². The molecule has 0 unspecified atom stereocenters. The second-order valence-corrected chi connectivity index (χ2v) is 9.39. The lowest BCUT2D eigenvalue weighted by Gasteiger charge is -2.40. The van der Waals surface area contributed by atoms with Gasteiger partial charge in [0.05, 0.1) is 28.8 Å². The predicted octanol–water partition coefficient (Wildman–Crippen LogP) is 4.81. The summed E-state index contributed by atoms with van der Waals surface area (Å²) in [7, 11) is 0. The van der Waals surface area contributed by atoms with E-state index in [9.17, 15) is 4.79 Å². The molecule has 33 heavy (non-hydrogen) atoms. The van der Waals surface area contributed by atoms with Gasteiger partial charge in [-0.3, -0.25) is 9.69 Å². The number of hydrogen-bond acceptors (Lipinski definition) is 6. The fourth-order valence-corrected chi connectivity index (χ4v) is 4.84. The van der Waals surface area contributed by atoms with E-state index >= 15 is 0 Å². The first-order valence-electron chi connectivity index (χ1n) is 11.3. The molecule has 7 nitrogen and oxygen atoms in total. The number of benzene rings is 2. The number of carbonyl (C=O) groups is 1. The Kier molecular flexibility index (Phi) is 6.81. The standard InChI is InChI=1S/C25H31ClN4O3/c1-16(2)33-19-7-4-6-17(14-19)28-21-9-5-8-20(23(21)26)25(3)15-22(31)30(24(27)29-25)18-10-12-32-13-11-18/h4-9,14,16,18,28H,10-13,15H2,1-3H3,(H2,27,29)/t25-/m0/s1. The summed E-state index contributed by atoms with van der Waals surface area (Å²) in [6.07, 6.45) is 1.81. The van der Waals surface area contributed by atoms with Gasteiger partial charge < -0.3 is 20.5 Å². The van der Waals surface area contributed by atoms with E-state index in [1.165, 1.54) is 0 Å². The van der Waals surface area contributed by atoms with Crippen LogP contribution in [0, 0.1) is 0 Å². The molecule has 2 aromatic rings. The fourth-order valence-electron chi connectivity index (χ4n) is 4.46. The highest BCUT2D eigenvalue weighted by Crippen LogP contribution is 2.41. The largest absolute Gasteiger partial charge is 0.491 e.